The first-order valence-electron chi connectivity index (χ1n) is 10.7. The number of thioether (sulfide) groups is 1. The maximum Gasteiger partial charge on any atom is 0.256 e. The average molecular weight is 445 g/mol. The highest BCUT2D eigenvalue weighted by Gasteiger charge is 2.49. The van der Waals surface area contributed by atoms with Crippen LogP contribution >= 0.6 is 11.8 Å². The van der Waals surface area contributed by atoms with E-state index in [1.165, 1.54) is 0 Å². The van der Waals surface area contributed by atoms with Gasteiger partial charge in [0, 0.05) is 30.3 Å². The van der Waals surface area contributed by atoms with Gasteiger partial charge in [-0.15, -0.1) is 11.8 Å². The van der Waals surface area contributed by atoms with Crippen LogP contribution in [0.2, 0.25) is 0 Å². The minimum absolute atomic E-state index is 0.110. The van der Waals surface area contributed by atoms with E-state index in [4.69, 9.17) is 5.73 Å². The van der Waals surface area contributed by atoms with Gasteiger partial charge in [0.05, 0.1) is 0 Å². The van der Waals surface area contributed by atoms with Crippen molar-refractivity contribution in [1.82, 2.24) is 15.1 Å². The molecule has 0 saturated carbocycles. The summed E-state index contributed by atoms with van der Waals surface area (Å²) in [5.41, 5.74) is 6.98. The van der Waals surface area contributed by atoms with E-state index in [1.807, 2.05) is 32.0 Å². The smallest absolute Gasteiger partial charge is 0.256 e. The van der Waals surface area contributed by atoms with Gasteiger partial charge in [-0.05, 0) is 30.4 Å². The number of benzene rings is 1. The molecular weight excluding hydrogens is 416 g/mol. The van der Waals surface area contributed by atoms with Crippen LogP contribution in [0.15, 0.2) is 24.3 Å². The second-order valence-electron chi connectivity index (χ2n) is 8.73. The molecule has 9 heteroatoms. The van der Waals surface area contributed by atoms with Gasteiger partial charge >= 0.3 is 0 Å². The molecular formula is C22H28N4O4S. The second-order valence-corrected chi connectivity index (χ2v) is 9.85. The number of amides is 4. The minimum Gasteiger partial charge on any atom is -0.369 e. The molecule has 0 aliphatic carbocycles. The first-order chi connectivity index (χ1) is 14.8. The minimum atomic E-state index is -0.679. The normalized spacial score (nSPS) is 24.2. The van der Waals surface area contributed by atoms with Crippen molar-refractivity contribution in [1.29, 1.82) is 0 Å². The zero-order chi connectivity index (χ0) is 22.3. The third-order valence-corrected chi connectivity index (χ3v) is 7.74. The van der Waals surface area contributed by atoms with Gasteiger partial charge in [-0.1, -0.05) is 32.0 Å². The molecule has 1 aromatic carbocycles. The Labute approximate surface area is 185 Å². The van der Waals surface area contributed by atoms with Crippen LogP contribution in [0.4, 0.5) is 0 Å². The Balaban J connectivity index is 1.44. The Morgan fingerprint density at radius 1 is 1.16 bits per heavy atom. The number of hydrogen-bond donors (Lipinski definition) is 2. The van der Waals surface area contributed by atoms with Crippen LogP contribution in [-0.4, -0.2) is 64.4 Å². The van der Waals surface area contributed by atoms with E-state index in [2.05, 4.69) is 5.32 Å². The summed E-state index contributed by atoms with van der Waals surface area (Å²) in [6.07, 6.45) is 1.09. The Kier molecular flexibility index (Phi) is 5.96. The topological polar surface area (TPSA) is 113 Å². The van der Waals surface area contributed by atoms with E-state index in [0.717, 1.165) is 5.56 Å². The molecule has 4 amide bonds. The standard InChI is InChI=1S/C22H28N4O4S/c1-12(2)17(21(30)25-9-7-13(8-10-25)18(23)27)24-19(28)16-11-31-22-15-6-4-3-5-14(15)20(29)26(16)22/h3-6,12-13,16-17,22H,7-11H2,1-2H3,(H2,23,27)(H,24,28). The average Bonchev–Trinajstić information content (AvgIpc) is 3.31. The van der Waals surface area contributed by atoms with Gasteiger partial charge in [-0.25, -0.2) is 0 Å². The molecule has 1 aromatic rings. The molecule has 166 valence electrons. The van der Waals surface area contributed by atoms with E-state index >= 15 is 0 Å². The summed E-state index contributed by atoms with van der Waals surface area (Å²) in [5.74, 6) is -0.718. The van der Waals surface area contributed by atoms with Gasteiger partial charge < -0.3 is 20.9 Å². The van der Waals surface area contributed by atoms with E-state index in [9.17, 15) is 19.2 Å². The van der Waals surface area contributed by atoms with Crippen molar-refractivity contribution in [2.24, 2.45) is 17.6 Å². The summed E-state index contributed by atoms with van der Waals surface area (Å²) in [4.78, 5) is 54.0. The van der Waals surface area contributed by atoms with E-state index < -0.39 is 12.1 Å². The van der Waals surface area contributed by atoms with Gasteiger partial charge in [0.2, 0.25) is 17.7 Å². The molecule has 3 unspecified atom stereocenters. The Morgan fingerprint density at radius 3 is 2.48 bits per heavy atom. The number of nitrogens with two attached hydrogens (primary N) is 1. The number of rotatable bonds is 5. The first-order valence-corrected chi connectivity index (χ1v) is 11.8. The molecule has 4 rings (SSSR count). The van der Waals surface area contributed by atoms with Crippen molar-refractivity contribution in [3.8, 4) is 0 Å². The second kappa shape index (κ2) is 8.53. The lowest BCUT2D eigenvalue weighted by atomic mass is 9.94. The van der Waals surface area contributed by atoms with Crippen LogP contribution in [0.5, 0.6) is 0 Å². The quantitative estimate of drug-likeness (QED) is 0.707. The van der Waals surface area contributed by atoms with Crippen LogP contribution in [-0.2, 0) is 14.4 Å². The largest absolute Gasteiger partial charge is 0.369 e. The predicted molar refractivity (Wildman–Crippen MR) is 117 cm³/mol. The molecule has 31 heavy (non-hydrogen) atoms. The third-order valence-electron chi connectivity index (χ3n) is 6.43. The number of carbonyl (C=O) groups excluding carboxylic acids is 4. The SMILES string of the molecule is CC(C)C(NC(=O)C1CSC2c3ccccc3C(=O)N12)C(=O)N1CCC(C(N)=O)CC1. The number of carbonyl (C=O) groups is 4. The number of nitrogens with zero attached hydrogens (tertiary/aromatic N) is 2. The van der Waals surface area contributed by atoms with Crippen molar-refractivity contribution >= 4 is 35.4 Å². The lowest BCUT2D eigenvalue weighted by molar-refractivity contribution is -0.140. The molecule has 8 nitrogen and oxygen atoms in total. The number of nitrogens with one attached hydrogen (secondary N) is 1. The summed E-state index contributed by atoms with van der Waals surface area (Å²) in [5, 5.41) is 2.77. The first kappa shape index (κ1) is 21.7. The highest BCUT2D eigenvalue weighted by atomic mass is 32.2. The van der Waals surface area contributed by atoms with Crippen LogP contribution in [0, 0.1) is 11.8 Å². The maximum absolute atomic E-state index is 13.2. The van der Waals surface area contributed by atoms with Crippen LogP contribution in [0.25, 0.3) is 0 Å². The molecule has 2 fully saturated rings. The highest BCUT2D eigenvalue weighted by molar-refractivity contribution is 7.99. The summed E-state index contributed by atoms with van der Waals surface area (Å²) in [6.45, 7) is 4.68. The molecule has 0 bridgehead atoms. The van der Waals surface area contributed by atoms with E-state index in [1.54, 1.807) is 27.6 Å². The molecule has 2 saturated heterocycles. The van der Waals surface area contributed by atoms with Crippen LogP contribution in [0.1, 0.15) is 48.0 Å². The molecule has 3 atom stereocenters. The zero-order valence-corrected chi connectivity index (χ0v) is 18.6. The number of hydrogen-bond acceptors (Lipinski definition) is 5. The van der Waals surface area contributed by atoms with Crippen molar-refractivity contribution in [2.75, 3.05) is 18.8 Å². The zero-order valence-electron chi connectivity index (χ0n) is 17.7. The number of fused-ring (bicyclic) bond motifs is 3. The van der Waals surface area contributed by atoms with Gasteiger partial charge in [0.1, 0.15) is 17.5 Å². The molecule has 0 radical (unpaired) electrons. The fourth-order valence-electron chi connectivity index (χ4n) is 4.59. The van der Waals surface area contributed by atoms with E-state index in [0.29, 0.717) is 37.2 Å². The van der Waals surface area contributed by atoms with Gasteiger partial charge in [-0.2, -0.15) is 0 Å². The fraction of sp³-hybridized carbons (Fsp3) is 0.545. The monoisotopic (exact) mass is 444 g/mol. The van der Waals surface area contributed by atoms with Crippen molar-refractivity contribution in [2.45, 2.75) is 44.1 Å². The van der Waals surface area contributed by atoms with Gasteiger partial charge in [0.15, 0.2) is 0 Å². The van der Waals surface area contributed by atoms with Crippen molar-refractivity contribution in [3.05, 3.63) is 35.4 Å². The highest BCUT2D eigenvalue weighted by Crippen LogP contribution is 2.48. The summed E-state index contributed by atoms with van der Waals surface area (Å²) >= 11 is 1.58. The molecule has 3 heterocycles. The number of piperidine rings is 1. The fourth-order valence-corrected chi connectivity index (χ4v) is 6.05. The Morgan fingerprint density at radius 2 is 1.84 bits per heavy atom. The molecule has 3 aliphatic rings. The predicted octanol–water partition coefficient (Wildman–Crippen LogP) is 1.12. The number of primary amides is 1. The Hall–Kier alpha value is -2.55. The molecule has 3 aliphatic heterocycles. The summed E-state index contributed by atoms with van der Waals surface area (Å²) in [7, 11) is 0. The van der Waals surface area contributed by atoms with Gasteiger partial charge in [0.25, 0.3) is 5.91 Å². The van der Waals surface area contributed by atoms with Crippen molar-refractivity contribution < 1.29 is 19.2 Å². The summed E-state index contributed by atoms with van der Waals surface area (Å²) < 4.78 is 0. The Bertz CT molecular complexity index is 913. The molecule has 0 aromatic heterocycles. The lowest BCUT2D eigenvalue weighted by Gasteiger charge is -2.35. The van der Waals surface area contributed by atoms with Crippen molar-refractivity contribution in [3.63, 3.8) is 0 Å². The molecule has 0 spiro atoms. The van der Waals surface area contributed by atoms with Gasteiger partial charge in [-0.3, -0.25) is 19.2 Å². The van der Waals surface area contributed by atoms with Crippen LogP contribution in [0.3, 0.4) is 0 Å². The molecule has 3 N–H and O–H groups in total. The van der Waals surface area contributed by atoms with Crippen LogP contribution < -0.4 is 11.1 Å². The summed E-state index contributed by atoms with van der Waals surface area (Å²) in [6, 6.07) is 6.17. The third kappa shape index (κ3) is 3.91. The lowest BCUT2D eigenvalue weighted by Crippen LogP contribution is -2.57. The number of likely N-dealkylation sites (tertiary alicyclic amines) is 1. The van der Waals surface area contributed by atoms with E-state index in [-0.39, 0.29) is 40.8 Å². The maximum atomic E-state index is 13.2.